The Kier molecular flexibility index (Phi) is 4.33. The van der Waals surface area contributed by atoms with Crippen molar-refractivity contribution in [3.63, 3.8) is 0 Å². The molecule has 1 aliphatic heterocycles. The first-order valence-corrected chi connectivity index (χ1v) is 9.64. The number of hydrogen-bond donors (Lipinski definition) is 1. The zero-order chi connectivity index (χ0) is 17.6. The summed E-state index contributed by atoms with van der Waals surface area (Å²) in [6.07, 6.45) is 3.57. The lowest BCUT2D eigenvalue weighted by Crippen LogP contribution is -2.43. The van der Waals surface area contributed by atoms with Gasteiger partial charge >= 0.3 is 0 Å². The summed E-state index contributed by atoms with van der Waals surface area (Å²) in [5.74, 6) is 0.715. The largest absolute Gasteiger partial charge is 0.332 e. The minimum atomic E-state index is -0.308. The van der Waals surface area contributed by atoms with E-state index in [0.717, 1.165) is 22.9 Å². The first kappa shape index (κ1) is 16.7. The fraction of sp³-hybridized carbons (Fsp3) is 0.474. The van der Waals surface area contributed by atoms with Crippen LogP contribution >= 0.6 is 11.3 Å². The van der Waals surface area contributed by atoms with Gasteiger partial charge in [-0.25, -0.2) is 9.37 Å². The molecule has 3 atom stereocenters. The Bertz CT molecular complexity index is 806. The number of rotatable bonds is 3. The maximum absolute atomic E-state index is 13.6. The van der Waals surface area contributed by atoms with Gasteiger partial charge < -0.3 is 10.6 Å². The Morgan fingerprint density at radius 1 is 1.44 bits per heavy atom. The molecule has 2 heterocycles. The Morgan fingerprint density at radius 2 is 2.28 bits per heavy atom. The molecule has 132 valence electrons. The third kappa shape index (κ3) is 2.87. The van der Waals surface area contributed by atoms with Gasteiger partial charge in [-0.1, -0.05) is 18.6 Å². The molecule has 1 amide bonds. The minimum Gasteiger partial charge on any atom is -0.332 e. The number of carbonyl (C=O) groups is 1. The summed E-state index contributed by atoms with van der Waals surface area (Å²) >= 11 is 1.44. The van der Waals surface area contributed by atoms with E-state index in [2.05, 4.69) is 4.98 Å². The Balaban J connectivity index is 1.69. The Hall–Kier alpha value is -1.79. The molecule has 0 unspecified atom stereocenters. The van der Waals surface area contributed by atoms with Crippen LogP contribution < -0.4 is 5.73 Å². The summed E-state index contributed by atoms with van der Waals surface area (Å²) in [6, 6.07) is 6.46. The van der Waals surface area contributed by atoms with Gasteiger partial charge in [-0.2, -0.15) is 0 Å². The van der Waals surface area contributed by atoms with Gasteiger partial charge in [-0.15, -0.1) is 11.3 Å². The number of nitrogens with two attached hydrogens (primary N) is 1. The summed E-state index contributed by atoms with van der Waals surface area (Å²) in [5, 5.41) is 0.811. The van der Waals surface area contributed by atoms with Crippen molar-refractivity contribution in [3.05, 3.63) is 40.8 Å². The van der Waals surface area contributed by atoms with Gasteiger partial charge in [0.25, 0.3) is 5.91 Å². The van der Waals surface area contributed by atoms with Gasteiger partial charge in [0.05, 0.1) is 9.88 Å². The topological polar surface area (TPSA) is 59.2 Å². The van der Waals surface area contributed by atoms with Crippen LogP contribution in [0.25, 0.3) is 10.4 Å². The van der Waals surface area contributed by atoms with Crippen LogP contribution in [0.15, 0.2) is 24.3 Å². The Morgan fingerprint density at radius 3 is 3.04 bits per heavy atom. The number of thiazole rings is 1. The molecule has 0 bridgehead atoms. The van der Waals surface area contributed by atoms with E-state index in [0.29, 0.717) is 29.6 Å². The van der Waals surface area contributed by atoms with Gasteiger partial charge in [0.2, 0.25) is 0 Å². The number of benzene rings is 1. The number of carbonyl (C=O) groups excluding carboxylic acids is 1. The van der Waals surface area contributed by atoms with E-state index in [9.17, 15) is 9.18 Å². The SMILES string of the molecule is Cc1nc(C(=O)N2C[C@@H]3CCC[C@@H]3[C@H]2CN)c(-c2cccc(F)c2)s1. The van der Waals surface area contributed by atoms with Crippen molar-refractivity contribution in [2.45, 2.75) is 32.2 Å². The highest BCUT2D eigenvalue weighted by atomic mass is 32.1. The predicted molar refractivity (Wildman–Crippen MR) is 97.0 cm³/mol. The average Bonchev–Trinajstić information content (AvgIpc) is 3.27. The van der Waals surface area contributed by atoms with Crippen molar-refractivity contribution < 1.29 is 9.18 Å². The van der Waals surface area contributed by atoms with Crippen LogP contribution in [0.4, 0.5) is 4.39 Å². The zero-order valence-electron chi connectivity index (χ0n) is 14.2. The monoisotopic (exact) mass is 359 g/mol. The van der Waals surface area contributed by atoms with E-state index in [1.165, 1.54) is 36.3 Å². The molecule has 1 aliphatic carbocycles. The number of nitrogens with zero attached hydrogens (tertiary/aromatic N) is 2. The lowest BCUT2D eigenvalue weighted by atomic mass is 9.94. The molecule has 1 saturated heterocycles. The second kappa shape index (κ2) is 6.50. The summed E-state index contributed by atoms with van der Waals surface area (Å²) in [5.41, 5.74) is 7.15. The lowest BCUT2D eigenvalue weighted by molar-refractivity contribution is 0.0714. The fourth-order valence-corrected chi connectivity index (χ4v) is 5.39. The number of fused-ring (bicyclic) bond motifs is 1. The molecule has 2 fully saturated rings. The molecular weight excluding hydrogens is 337 g/mol. The van der Waals surface area contributed by atoms with E-state index < -0.39 is 0 Å². The van der Waals surface area contributed by atoms with E-state index in [1.54, 1.807) is 6.07 Å². The van der Waals surface area contributed by atoms with Crippen LogP contribution in [-0.4, -0.2) is 34.9 Å². The van der Waals surface area contributed by atoms with Gasteiger partial charge in [0, 0.05) is 19.1 Å². The highest BCUT2D eigenvalue weighted by Crippen LogP contribution is 2.43. The first-order chi connectivity index (χ1) is 12.1. The quantitative estimate of drug-likeness (QED) is 0.913. The van der Waals surface area contributed by atoms with Crippen LogP contribution in [0.2, 0.25) is 0 Å². The highest BCUT2D eigenvalue weighted by Gasteiger charge is 2.46. The van der Waals surface area contributed by atoms with E-state index in [4.69, 9.17) is 5.73 Å². The van der Waals surface area contributed by atoms with Crippen LogP contribution in [-0.2, 0) is 0 Å². The van der Waals surface area contributed by atoms with Gasteiger partial charge in [-0.05, 0) is 49.3 Å². The van der Waals surface area contributed by atoms with Crippen LogP contribution in [0.3, 0.4) is 0 Å². The van der Waals surface area contributed by atoms with E-state index >= 15 is 0 Å². The fourth-order valence-electron chi connectivity index (χ4n) is 4.49. The highest BCUT2D eigenvalue weighted by molar-refractivity contribution is 7.15. The Labute approximate surface area is 150 Å². The number of hydrogen-bond acceptors (Lipinski definition) is 4. The molecule has 2 aliphatic rings. The molecular formula is C19H22FN3OS. The summed E-state index contributed by atoms with van der Waals surface area (Å²) in [7, 11) is 0. The maximum atomic E-state index is 13.6. The summed E-state index contributed by atoms with van der Waals surface area (Å²) in [4.78, 5) is 20.4. The third-order valence-electron chi connectivity index (χ3n) is 5.57. The lowest BCUT2D eigenvalue weighted by Gasteiger charge is -2.26. The van der Waals surface area contributed by atoms with Gasteiger partial charge in [0.1, 0.15) is 11.5 Å². The van der Waals surface area contributed by atoms with Crippen LogP contribution in [0.1, 0.15) is 34.8 Å². The predicted octanol–water partition coefficient (Wildman–Crippen LogP) is 3.46. The van der Waals surface area contributed by atoms with Crippen LogP contribution in [0, 0.1) is 24.6 Å². The molecule has 0 radical (unpaired) electrons. The van der Waals surface area contributed by atoms with Crippen molar-refractivity contribution in [2.75, 3.05) is 13.1 Å². The van der Waals surface area contributed by atoms with Gasteiger partial charge in [-0.3, -0.25) is 4.79 Å². The average molecular weight is 359 g/mol. The van der Waals surface area contributed by atoms with Crippen molar-refractivity contribution in [3.8, 4) is 10.4 Å². The summed E-state index contributed by atoms with van der Waals surface area (Å²) < 4.78 is 13.6. The second-order valence-corrected chi connectivity index (χ2v) is 8.24. The normalized spacial score (nSPS) is 25.4. The second-order valence-electron chi connectivity index (χ2n) is 7.04. The molecule has 1 aromatic carbocycles. The molecule has 0 spiro atoms. The number of aromatic nitrogens is 1. The molecule has 2 aromatic rings. The zero-order valence-corrected chi connectivity index (χ0v) is 15.1. The third-order valence-corrected chi connectivity index (χ3v) is 6.59. The van der Waals surface area contributed by atoms with Crippen molar-refractivity contribution >= 4 is 17.2 Å². The van der Waals surface area contributed by atoms with Crippen molar-refractivity contribution in [1.29, 1.82) is 0 Å². The molecule has 4 rings (SSSR count). The molecule has 1 aromatic heterocycles. The number of likely N-dealkylation sites (tertiary alicyclic amines) is 1. The van der Waals surface area contributed by atoms with Gasteiger partial charge in [0.15, 0.2) is 0 Å². The minimum absolute atomic E-state index is 0.0616. The first-order valence-electron chi connectivity index (χ1n) is 8.83. The van der Waals surface area contributed by atoms with Crippen molar-refractivity contribution in [1.82, 2.24) is 9.88 Å². The number of amides is 1. The molecule has 25 heavy (non-hydrogen) atoms. The molecule has 2 N–H and O–H groups in total. The van der Waals surface area contributed by atoms with E-state index in [1.807, 2.05) is 17.9 Å². The van der Waals surface area contributed by atoms with Crippen LogP contribution in [0.5, 0.6) is 0 Å². The van der Waals surface area contributed by atoms with E-state index in [-0.39, 0.29) is 17.8 Å². The molecule has 4 nitrogen and oxygen atoms in total. The number of halogens is 1. The smallest absolute Gasteiger partial charge is 0.274 e. The number of aryl methyl sites for hydroxylation is 1. The standard InChI is InChI=1S/C19H22FN3OS/c1-11-22-17(18(25-11)12-4-2-6-14(20)8-12)19(24)23-10-13-5-3-7-15(13)16(23)9-21/h2,4,6,8,13,15-16H,3,5,7,9-10,21H2,1H3/t13-,15-,16+/m0/s1. The summed E-state index contributed by atoms with van der Waals surface area (Å²) in [6.45, 7) is 3.14. The van der Waals surface area contributed by atoms with Crippen molar-refractivity contribution in [2.24, 2.45) is 17.6 Å². The molecule has 6 heteroatoms. The molecule has 1 saturated carbocycles. The maximum Gasteiger partial charge on any atom is 0.274 e.